The molecule has 92 valence electrons. The maximum Gasteiger partial charge on any atom is 0.331 e. The van der Waals surface area contributed by atoms with Crippen LogP contribution in [0.25, 0.3) is 0 Å². The Kier molecular flexibility index (Phi) is 3.75. The van der Waals surface area contributed by atoms with Crippen molar-refractivity contribution >= 4 is 17.7 Å². The lowest BCUT2D eigenvalue weighted by Gasteiger charge is -2.19. The predicted octanol–water partition coefficient (Wildman–Crippen LogP) is 1.18. The topological polar surface area (TPSA) is 67.8 Å². The SMILES string of the molecule is CNC(Sc1ccc2c(c1)OCCO2)C(=O)O. The molecule has 0 aliphatic carbocycles. The van der Waals surface area contributed by atoms with Crippen molar-refractivity contribution in [2.75, 3.05) is 20.3 Å². The van der Waals surface area contributed by atoms with E-state index in [2.05, 4.69) is 5.32 Å². The van der Waals surface area contributed by atoms with Gasteiger partial charge in [0.2, 0.25) is 0 Å². The predicted molar refractivity (Wildman–Crippen MR) is 63.8 cm³/mol. The van der Waals surface area contributed by atoms with Crippen LogP contribution in [0.1, 0.15) is 0 Å². The molecule has 1 aromatic carbocycles. The fraction of sp³-hybridized carbons (Fsp3) is 0.364. The van der Waals surface area contributed by atoms with Crippen LogP contribution >= 0.6 is 11.8 Å². The first-order chi connectivity index (χ1) is 8.20. The Hall–Kier alpha value is -1.40. The molecule has 1 unspecified atom stereocenters. The fourth-order valence-corrected chi connectivity index (χ4v) is 2.28. The summed E-state index contributed by atoms with van der Waals surface area (Å²) in [6.07, 6.45) is 0. The Morgan fingerprint density at radius 1 is 1.41 bits per heavy atom. The molecule has 6 heteroatoms. The first-order valence-corrected chi connectivity index (χ1v) is 6.05. The molecule has 0 radical (unpaired) electrons. The molecule has 17 heavy (non-hydrogen) atoms. The lowest BCUT2D eigenvalue weighted by molar-refractivity contribution is -0.136. The van der Waals surface area contributed by atoms with E-state index in [1.165, 1.54) is 11.8 Å². The molecule has 0 saturated carbocycles. The lowest BCUT2D eigenvalue weighted by atomic mass is 10.3. The summed E-state index contributed by atoms with van der Waals surface area (Å²) in [5.74, 6) is 0.478. The Bertz CT molecular complexity index is 424. The quantitative estimate of drug-likeness (QED) is 0.622. The van der Waals surface area contributed by atoms with Gasteiger partial charge in [-0.3, -0.25) is 5.32 Å². The molecule has 0 amide bonds. The second-order valence-electron chi connectivity index (χ2n) is 3.43. The second-order valence-corrected chi connectivity index (χ2v) is 4.61. The highest BCUT2D eigenvalue weighted by molar-refractivity contribution is 8.00. The van der Waals surface area contributed by atoms with Gasteiger partial charge in [-0.15, -0.1) is 0 Å². The van der Waals surface area contributed by atoms with Crippen molar-refractivity contribution < 1.29 is 19.4 Å². The van der Waals surface area contributed by atoms with E-state index in [0.29, 0.717) is 24.7 Å². The van der Waals surface area contributed by atoms with Crippen molar-refractivity contribution in [3.63, 3.8) is 0 Å². The zero-order chi connectivity index (χ0) is 12.3. The van der Waals surface area contributed by atoms with Crippen LogP contribution < -0.4 is 14.8 Å². The number of ether oxygens (including phenoxy) is 2. The fourth-order valence-electron chi connectivity index (χ4n) is 1.47. The number of carboxylic acid groups (broad SMARTS) is 1. The Labute approximate surface area is 103 Å². The minimum absolute atomic E-state index is 0.523. The molecule has 5 nitrogen and oxygen atoms in total. The summed E-state index contributed by atoms with van der Waals surface area (Å²) in [5.41, 5.74) is 0. The standard InChI is InChI=1S/C11H13NO4S/c1-12-10(11(13)14)17-7-2-3-8-9(6-7)16-5-4-15-8/h2-3,6,10,12H,4-5H2,1H3,(H,13,14). The average molecular weight is 255 g/mol. The van der Waals surface area contributed by atoms with Gasteiger partial charge in [0, 0.05) is 4.90 Å². The first-order valence-electron chi connectivity index (χ1n) is 5.17. The van der Waals surface area contributed by atoms with Crippen molar-refractivity contribution in [3.05, 3.63) is 18.2 Å². The van der Waals surface area contributed by atoms with Gasteiger partial charge in [-0.2, -0.15) is 0 Å². The van der Waals surface area contributed by atoms with Crippen molar-refractivity contribution in [3.8, 4) is 11.5 Å². The monoisotopic (exact) mass is 255 g/mol. The molecule has 1 aromatic rings. The van der Waals surface area contributed by atoms with Gasteiger partial charge in [-0.05, 0) is 25.2 Å². The van der Waals surface area contributed by atoms with Gasteiger partial charge >= 0.3 is 5.97 Å². The van der Waals surface area contributed by atoms with Crippen molar-refractivity contribution in [1.82, 2.24) is 5.32 Å². The molecule has 0 aromatic heterocycles. The number of carbonyl (C=O) groups is 1. The number of hydrogen-bond donors (Lipinski definition) is 2. The van der Waals surface area contributed by atoms with Gasteiger partial charge in [0.15, 0.2) is 16.9 Å². The summed E-state index contributed by atoms with van der Waals surface area (Å²) in [4.78, 5) is 11.7. The number of hydrogen-bond acceptors (Lipinski definition) is 5. The van der Waals surface area contributed by atoms with Crippen LogP contribution in [0.4, 0.5) is 0 Å². The summed E-state index contributed by atoms with van der Waals surface area (Å²) in [7, 11) is 1.61. The number of carboxylic acids is 1. The first kappa shape index (κ1) is 12.1. The van der Waals surface area contributed by atoms with Gasteiger partial charge in [0.1, 0.15) is 13.2 Å². The highest BCUT2D eigenvalue weighted by atomic mass is 32.2. The normalized spacial score (nSPS) is 15.4. The summed E-state index contributed by atoms with van der Waals surface area (Å²) >= 11 is 1.22. The van der Waals surface area contributed by atoms with Crippen LogP contribution in [-0.2, 0) is 4.79 Å². The van der Waals surface area contributed by atoms with E-state index < -0.39 is 11.3 Å². The Morgan fingerprint density at radius 2 is 2.12 bits per heavy atom. The number of fused-ring (bicyclic) bond motifs is 1. The van der Waals surface area contributed by atoms with Gasteiger partial charge in [-0.25, -0.2) is 4.79 Å². The third kappa shape index (κ3) is 2.83. The molecule has 1 atom stereocenters. The van der Waals surface area contributed by atoms with E-state index in [4.69, 9.17) is 14.6 Å². The number of benzene rings is 1. The highest BCUT2D eigenvalue weighted by Crippen LogP contribution is 2.35. The van der Waals surface area contributed by atoms with Gasteiger partial charge in [0.25, 0.3) is 0 Å². The molecule has 1 aliphatic heterocycles. The van der Waals surface area contributed by atoms with Gasteiger partial charge in [0.05, 0.1) is 0 Å². The molecular formula is C11H13NO4S. The Morgan fingerprint density at radius 3 is 2.76 bits per heavy atom. The second kappa shape index (κ2) is 5.29. The molecule has 0 saturated heterocycles. The molecule has 0 bridgehead atoms. The highest BCUT2D eigenvalue weighted by Gasteiger charge is 2.18. The number of nitrogens with one attached hydrogen (secondary N) is 1. The van der Waals surface area contributed by atoms with E-state index in [9.17, 15) is 4.79 Å². The molecule has 0 spiro atoms. The molecule has 1 heterocycles. The summed E-state index contributed by atoms with van der Waals surface area (Å²) in [6.45, 7) is 1.07. The third-order valence-corrected chi connectivity index (χ3v) is 3.45. The number of rotatable bonds is 4. The van der Waals surface area contributed by atoms with Crippen LogP contribution in [0.3, 0.4) is 0 Å². The summed E-state index contributed by atoms with van der Waals surface area (Å²) < 4.78 is 10.8. The molecule has 0 fully saturated rings. The Balaban J connectivity index is 2.14. The van der Waals surface area contributed by atoms with E-state index in [0.717, 1.165) is 4.90 Å². The zero-order valence-corrected chi connectivity index (χ0v) is 10.1. The van der Waals surface area contributed by atoms with E-state index >= 15 is 0 Å². The molecule has 2 N–H and O–H groups in total. The van der Waals surface area contributed by atoms with E-state index in [-0.39, 0.29) is 0 Å². The summed E-state index contributed by atoms with van der Waals surface area (Å²) in [5, 5.41) is 11.0. The largest absolute Gasteiger partial charge is 0.486 e. The van der Waals surface area contributed by atoms with Crippen molar-refractivity contribution in [2.45, 2.75) is 10.3 Å². The van der Waals surface area contributed by atoms with E-state index in [1.54, 1.807) is 19.2 Å². The minimum atomic E-state index is -0.896. The maximum absolute atomic E-state index is 10.9. The lowest BCUT2D eigenvalue weighted by Crippen LogP contribution is -2.30. The van der Waals surface area contributed by atoms with Gasteiger partial charge < -0.3 is 14.6 Å². The average Bonchev–Trinajstić information content (AvgIpc) is 2.35. The molecular weight excluding hydrogens is 242 g/mol. The smallest absolute Gasteiger partial charge is 0.331 e. The van der Waals surface area contributed by atoms with Crippen molar-refractivity contribution in [2.24, 2.45) is 0 Å². The minimum Gasteiger partial charge on any atom is -0.486 e. The zero-order valence-electron chi connectivity index (χ0n) is 9.30. The molecule has 1 aliphatic rings. The number of thioether (sulfide) groups is 1. The van der Waals surface area contributed by atoms with Crippen LogP contribution in [0, 0.1) is 0 Å². The number of aliphatic carboxylic acids is 1. The van der Waals surface area contributed by atoms with Crippen LogP contribution in [0.2, 0.25) is 0 Å². The van der Waals surface area contributed by atoms with Crippen molar-refractivity contribution in [1.29, 1.82) is 0 Å². The van der Waals surface area contributed by atoms with Gasteiger partial charge in [-0.1, -0.05) is 11.8 Å². The summed E-state index contributed by atoms with van der Waals surface area (Å²) in [6, 6.07) is 5.42. The van der Waals surface area contributed by atoms with E-state index in [1.807, 2.05) is 6.07 Å². The molecule has 2 rings (SSSR count). The van der Waals surface area contributed by atoms with Crippen LogP contribution in [0.5, 0.6) is 11.5 Å². The van der Waals surface area contributed by atoms with Crippen LogP contribution in [-0.4, -0.2) is 36.7 Å². The number of likely N-dealkylation sites (N-methyl/N-ethyl adjacent to an activating group) is 1. The van der Waals surface area contributed by atoms with Crippen LogP contribution in [0.15, 0.2) is 23.1 Å². The maximum atomic E-state index is 10.9. The third-order valence-electron chi connectivity index (χ3n) is 2.25.